The van der Waals surface area contributed by atoms with Crippen LogP contribution in [-0.2, 0) is 4.79 Å². The summed E-state index contributed by atoms with van der Waals surface area (Å²) in [7, 11) is 0. The number of rotatable bonds is 3. The molecule has 2 aliphatic heterocycles. The van der Waals surface area contributed by atoms with E-state index in [9.17, 15) is 4.79 Å². The van der Waals surface area contributed by atoms with Gasteiger partial charge in [-0.05, 0) is 44.0 Å². The summed E-state index contributed by atoms with van der Waals surface area (Å²) in [5, 5.41) is 6.32. The van der Waals surface area contributed by atoms with Crippen LogP contribution in [0.25, 0.3) is 0 Å². The quantitative estimate of drug-likeness (QED) is 0.898. The highest BCUT2D eigenvalue weighted by Gasteiger charge is 2.23. The van der Waals surface area contributed by atoms with E-state index < -0.39 is 0 Å². The number of nitrogens with one attached hydrogen (secondary N) is 2. The van der Waals surface area contributed by atoms with Gasteiger partial charge in [0.1, 0.15) is 0 Å². The third-order valence-electron chi connectivity index (χ3n) is 3.88. The average Bonchev–Trinajstić information content (AvgIpc) is 2.95. The van der Waals surface area contributed by atoms with Gasteiger partial charge in [0.05, 0.1) is 12.1 Å². The SMILES string of the molecule is CC(NC(=O)[C@H]1CCCCN1)c1ccc2c(c1)OCO2.Cl. The summed E-state index contributed by atoms with van der Waals surface area (Å²) < 4.78 is 10.7. The lowest BCUT2D eigenvalue weighted by atomic mass is 10.0. The van der Waals surface area contributed by atoms with Crippen LogP contribution < -0.4 is 20.1 Å². The molecule has 2 atom stereocenters. The van der Waals surface area contributed by atoms with Crippen molar-refractivity contribution < 1.29 is 14.3 Å². The van der Waals surface area contributed by atoms with E-state index >= 15 is 0 Å². The van der Waals surface area contributed by atoms with Crippen LogP contribution in [0.2, 0.25) is 0 Å². The average molecular weight is 313 g/mol. The first kappa shape index (κ1) is 15.9. The van der Waals surface area contributed by atoms with Gasteiger partial charge in [0, 0.05) is 0 Å². The number of amides is 1. The highest BCUT2D eigenvalue weighted by molar-refractivity contribution is 5.85. The van der Waals surface area contributed by atoms with Crippen molar-refractivity contribution in [2.45, 2.75) is 38.3 Å². The van der Waals surface area contributed by atoms with Crippen molar-refractivity contribution in [1.29, 1.82) is 0 Å². The summed E-state index contributed by atoms with van der Waals surface area (Å²) in [5.74, 6) is 1.59. The van der Waals surface area contributed by atoms with E-state index in [1.54, 1.807) is 0 Å². The first-order valence-corrected chi connectivity index (χ1v) is 7.17. The van der Waals surface area contributed by atoms with Crippen LogP contribution in [0.4, 0.5) is 0 Å². The second kappa shape index (κ2) is 7.00. The third-order valence-corrected chi connectivity index (χ3v) is 3.88. The minimum Gasteiger partial charge on any atom is -0.454 e. The molecule has 1 amide bonds. The second-order valence-electron chi connectivity index (χ2n) is 5.35. The van der Waals surface area contributed by atoms with Gasteiger partial charge >= 0.3 is 0 Å². The van der Waals surface area contributed by atoms with E-state index in [0.29, 0.717) is 0 Å². The van der Waals surface area contributed by atoms with E-state index in [1.807, 2.05) is 25.1 Å². The largest absolute Gasteiger partial charge is 0.454 e. The Labute approximate surface area is 130 Å². The smallest absolute Gasteiger partial charge is 0.237 e. The van der Waals surface area contributed by atoms with Gasteiger partial charge in [-0.2, -0.15) is 0 Å². The molecule has 1 unspecified atom stereocenters. The van der Waals surface area contributed by atoms with Crippen molar-refractivity contribution in [2.75, 3.05) is 13.3 Å². The Kier molecular flexibility index (Phi) is 5.31. The number of carbonyl (C=O) groups is 1. The molecular formula is C15H21ClN2O3. The molecule has 2 heterocycles. The number of hydrogen-bond acceptors (Lipinski definition) is 4. The molecule has 1 fully saturated rings. The molecule has 21 heavy (non-hydrogen) atoms. The van der Waals surface area contributed by atoms with Gasteiger partial charge in [0.25, 0.3) is 0 Å². The Bertz CT molecular complexity index is 504. The summed E-state index contributed by atoms with van der Waals surface area (Å²) in [5.41, 5.74) is 1.03. The zero-order valence-electron chi connectivity index (χ0n) is 12.1. The normalized spacial score (nSPS) is 21.3. The highest BCUT2D eigenvalue weighted by atomic mass is 35.5. The number of halogens is 1. The molecule has 1 aromatic carbocycles. The van der Waals surface area contributed by atoms with Crippen LogP contribution >= 0.6 is 12.4 Å². The predicted octanol–water partition coefficient (Wildman–Crippen LogP) is 2.16. The molecule has 0 saturated carbocycles. The number of piperidine rings is 1. The van der Waals surface area contributed by atoms with E-state index in [-0.39, 0.29) is 37.2 Å². The first-order chi connectivity index (χ1) is 9.74. The molecule has 0 spiro atoms. The molecule has 0 bridgehead atoms. The van der Waals surface area contributed by atoms with E-state index in [2.05, 4.69) is 10.6 Å². The minimum absolute atomic E-state index is 0. The van der Waals surface area contributed by atoms with Crippen molar-refractivity contribution in [3.8, 4) is 11.5 Å². The molecular weight excluding hydrogens is 292 g/mol. The van der Waals surface area contributed by atoms with Gasteiger partial charge in [-0.25, -0.2) is 0 Å². The number of ether oxygens (including phenoxy) is 2. The maximum atomic E-state index is 12.2. The Morgan fingerprint density at radius 1 is 1.33 bits per heavy atom. The molecule has 1 aromatic rings. The maximum absolute atomic E-state index is 12.2. The lowest BCUT2D eigenvalue weighted by Gasteiger charge is -2.24. The number of fused-ring (bicyclic) bond motifs is 1. The summed E-state index contributed by atoms with van der Waals surface area (Å²) in [6, 6.07) is 5.69. The van der Waals surface area contributed by atoms with Crippen LogP contribution in [0, 0.1) is 0 Å². The standard InChI is InChI=1S/C15H20N2O3.ClH/c1-10(17-15(18)12-4-2-3-7-16-12)11-5-6-13-14(8-11)20-9-19-13;/h5-6,8,10,12,16H,2-4,7,9H2,1H3,(H,17,18);1H/t10?,12-;/m1./s1. The summed E-state index contributed by atoms with van der Waals surface area (Å²) in [4.78, 5) is 12.2. The van der Waals surface area contributed by atoms with E-state index in [0.717, 1.165) is 42.9 Å². The monoisotopic (exact) mass is 312 g/mol. The molecule has 2 aliphatic rings. The fourth-order valence-electron chi connectivity index (χ4n) is 2.66. The Hall–Kier alpha value is -1.46. The fraction of sp³-hybridized carbons (Fsp3) is 0.533. The number of carbonyl (C=O) groups excluding carboxylic acids is 1. The zero-order chi connectivity index (χ0) is 13.9. The molecule has 0 aliphatic carbocycles. The zero-order valence-corrected chi connectivity index (χ0v) is 12.9. The van der Waals surface area contributed by atoms with Crippen molar-refractivity contribution >= 4 is 18.3 Å². The first-order valence-electron chi connectivity index (χ1n) is 7.17. The molecule has 3 rings (SSSR count). The van der Waals surface area contributed by atoms with Gasteiger partial charge in [0.15, 0.2) is 11.5 Å². The third kappa shape index (κ3) is 3.60. The molecule has 2 N–H and O–H groups in total. The van der Waals surface area contributed by atoms with E-state index in [4.69, 9.17) is 9.47 Å². The topological polar surface area (TPSA) is 59.6 Å². The summed E-state index contributed by atoms with van der Waals surface area (Å²) in [6.45, 7) is 3.18. The van der Waals surface area contributed by atoms with Crippen LogP contribution in [0.15, 0.2) is 18.2 Å². The number of hydrogen-bond donors (Lipinski definition) is 2. The van der Waals surface area contributed by atoms with E-state index in [1.165, 1.54) is 0 Å². The van der Waals surface area contributed by atoms with Crippen LogP contribution in [0.5, 0.6) is 11.5 Å². The molecule has 1 saturated heterocycles. The highest BCUT2D eigenvalue weighted by Crippen LogP contribution is 2.34. The number of benzene rings is 1. The Balaban J connectivity index is 0.00000161. The molecule has 0 radical (unpaired) electrons. The molecule has 0 aromatic heterocycles. The van der Waals surface area contributed by atoms with Gasteiger partial charge in [-0.3, -0.25) is 4.79 Å². The van der Waals surface area contributed by atoms with Crippen LogP contribution in [0.1, 0.15) is 37.8 Å². The fourth-order valence-corrected chi connectivity index (χ4v) is 2.66. The van der Waals surface area contributed by atoms with Crippen LogP contribution in [-0.4, -0.2) is 25.3 Å². The van der Waals surface area contributed by atoms with Gasteiger partial charge in [-0.15, -0.1) is 12.4 Å². The maximum Gasteiger partial charge on any atom is 0.237 e. The summed E-state index contributed by atoms with van der Waals surface area (Å²) in [6.07, 6.45) is 3.19. The second-order valence-corrected chi connectivity index (χ2v) is 5.35. The van der Waals surface area contributed by atoms with Crippen LogP contribution in [0.3, 0.4) is 0 Å². The van der Waals surface area contributed by atoms with Gasteiger partial charge in [-0.1, -0.05) is 12.5 Å². The Morgan fingerprint density at radius 3 is 2.90 bits per heavy atom. The lowest BCUT2D eigenvalue weighted by molar-refractivity contribution is -0.124. The van der Waals surface area contributed by atoms with Gasteiger partial charge in [0.2, 0.25) is 12.7 Å². The van der Waals surface area contributed by atoms with Crippen molar-refractivity contribution in [3.63, 3.8) is 0 Å². The Morgan fingerprint density at radius 2 is 2.14 bits per heavy atom. The van der Waals surface area contributed by atoms with Gasteiger partial charge < -0.3 is 20.1 Å². The van der Waals surface area contributed by atoms with Crippen molar-refractivity contribution in [3.05, 3.63) is 23.8 Å². The lowest BCUT2D eigenvalue weighted by Crippen LogP contribution is -2.47. The minimum atomic E-state index is -0.0554. The van der Waals surface area contributed by atoms with Crippen molar-refractivity contribution in [2.24, 2.45) is 0 Å². The summed E-state index contributed by atoms with van der Waals surface area (Å²) >= 11 is 0. The molecule has 116 valence electrons. The predicted molar refractivity (Wildman–Crippen MR) is 82.0 cm³/mol. The van der Waals surface area contributed by atoms with Crippen molar-refractivity contribution in [1.82, 2.24) is 10.6 Å². The molecule has 6 heteroatoms. The molecule has 5 nitrogen and oxygen atoms in total.